The number of benzene rings is 1. The first kappa shape index (κ1) is 18.2. The molecule has 0 radical (unpaired) electrons. The lowest BCUT2D eigenvalue weighted by Crippen LogP contribution is -2.37. The topological polar surface area (TPSA) is 62.1 Å². The summed E-state index contributed by atoms with van der Waals surface area (Å²) in [5.41, 5.74) is 1.20. The van der Waals surface area contributed by atoms with Gasteiger partial charge in [-0.05, 0) is 49.2 Å². The third-order valence-corrected chi connectivity index (χ3v) is 4.95. The quantitative estimate of drug-likeness (QED) is 0.681. The Bertz CT molecular complexity index is 987. The molecule has 1 aromatic carbocycles. The second-order valence-electron chi connectivity index (χ2n) is 6.76. The highest BCUT2D eigenvalue weighted by atomic mass is 19.2. The average Bonchev–Trinajstić information content (AvgIpc) is 3.40. The molecule has 1 N–H and O–H groups in total. The van der Waals surface area contributed by atoms with Gasteiger partial charge in [-0.15, -0.1) is 0 Å². The van der Waals surface area contributed by atoms with Crippen molar-refractivity contribution in [2.45, 2.75) is 18.8 Å². The molecule has 4 rings (SSSR count). The number of halogens is 2. The third kappa shape index (κ3) is 3.88. The Morgan fingerprint density at radius 2 is 2.04 bits per heavy atom. The largest absolute Gasteiger partial charge is 0.465 e. The number of piperidine rings is 1. The van der Waals surface area contributed by atoms with Crippen LogP contribution in [0.5, 0.6) is 0 Å². The monoisotopic (exact) mass is 383 g/mol. The van der Waals surface area contributed by atoms with Gasteiger partial charge in [0.25, 0.3) is 0 Å². The van der Waals surface area contributed by atoms with E-state index in [1.807, 2.05) is 0 Å². The number of hydrogen-bond acceptors (Lipinski definition) is 3. The van der Waals surface area contributed by atoms with Crippen LogP contribution in [0.3, 0.4) is 0 Å². The van der Waals surface area contributed by atoms with E-state index < -0.39 is 11.6 Å². The first-order valence-electron chi connectivity index (χ1n) is 9.11. The molecular formula is C21H19F2N3O2. The third-order valence-electron chi connectivity index (χ3n) is 4.95. The number of imidazole rings is 1. The number of aromatic nitrogens is 2. The first-order valence-corrected chi connectivity index (χ1v) is 9.11. The zero-order chi connectivity index (χ0) is 19.5. The van der Waals surface area contributed by atoms with Gasteiger partial charge in [-0.25, -0.2) is 13.8 Å². The molecule has 1 aliphatic heterocycles. The van der Waals surface area contributed by atoms with E-state index in [1.54, 1.807) is 35.6 Å². The lowest BCUT2D eigenvalue weighted by atomic mass is 9.96. The standard InChI is InChI=1S/C21H19F2N3O2/c22-17-5-3-15(12-18(17)23)19-13-24-21(25-19)14-7-9-26(10-8-14)20(27)6-4-16-2-1-11-28-16/h1-6,11-14H,7-10H2,(H,24,25)/b6-4-. The highest BCUT2D eigenvalue weighted by Gasteiger charge is 2.24. The number of rotatable bonds is 4. The molecule has 3 heterocycles. The number of H-pyrrole nitrogens is 1. The Morgan fingerprint density at radius 1 is 1.21 bits per heavy atom. The zero-order valence-electron chi connectivity index (χ0n) is 15.1. The fourth-order valence-corrected chi connectivity index (χ4v) is 3.37. The van der Waals surface area contributed by atoms with Crippen LogP contribution in [0.15, 0.2) is 53.3 Å². The van der Waals surface area contributed by atoms with Crippen molar-refractivity contribution < 1.29 is 18.0 Å². The van der Waals surface area contributed by atoms with Gasteiger partial charge in [0.05, 0.1) is 18.2 Å². The summed E-state index contributed by atoms with van der Waals surface area (Å²) in [4.78, 5) is 21.7. The summed E-state index contributed by atoms with van der Waals surface area (Å²) in [6.07, 6.45) is 7.94. The number of likely N-dealkylation sites (tertiary alicyclic amines) is 1. The van der Waals surface area contributed by atoms with E-state index in [2.05, 4.69) is 9.97 Å². The fourth-order valence-electron chi connectivity index (χ4n) is 3.37. The Labute approximate surface area is 160 Å². The van der Waals surface area contributed by atoms with E-state index in [9.17, 15) is 13.6 Å². The van der Waals surface area contributed by atoms with Gasteiger partial charge in [0.2, 0.25) is 5.91 Å². The summed E-state index contributed by atoms with van der Waals surface area (Å²) in [5.74, 6) is -0.167. The molecule has 0 bridgehead atoms. The molecule has 0 spiro atoms. The summed E-state index contributed by atoms with van der Waals surface area (Å²) in [7, 11) is 0. The molecule has 0 atom stereocenters. The molecule has 1 amide bonds. The Kier molecular flexibility index (Phi) is 5.06. The summed E-state index contributed by atoms with van der Waals surface area (Å²) in [6.45, 7) is 1.26. The summed E-state index contributed by atoms with van der Waals surface area (Å²) >= 11 is 0. The van der Waals surface area contributed by atoms with Crippen molar-refractivity contribution >= 4 is 12.0 Å². The molecule has 5 nitrogen and oxygen atoms in total. The van der Waals surface area contributed by atoms with E-state index in [1.165, 1.54) is 12.1 Å². The summed E-state index contributed by atoms with van der Waals surface area (Å²) < 4.78 is 31.7. The fraction of sp³-hybridized carbons (Fsp3) is 0.238. The van der Waals surface area contributed by atoms with Gasteiger partial charge >= 0.3 is 0 Å². The van der Waals surface area contributed by atoms with Crippen LogP contribution in [-0.2, 0) is 4.79 Å². The number of carbonyl (C=O) groups excluding carboxylic acids is 1. The van der Waals surface area contributed by atoms with Crippen LogP contribution in [0.1, 0.15) is 30.3 Å². The van der Waals surface area contributed by atoms with Crippen LogP contribution in [0.2, 0.25) is 0 Å². The maximum atomic E-state index is 13.4. The van der Waals surface area contributed by atoms with E-state index in [-0.39, 0.29) is 11.8 Å². The van der Waals surface area contributed by atoms with Crippen molar-refractivity contribution in [1.82, 2.24) is 14.9 Å². The predicted molar refractivity (Wildman–Crippen MR) is 100 cm³/mol. The van der Waals surface area contributed by atoms with Crippen molar-refractivity contribution in [1.29, 1.82) is 0 Å². The summed E-state index contributed by atoms with van der Waals surface area (Å²) in [5, 5.41) is 0. The van der Waals surface area contributed by atoms with Crippen LogP contribution in [0, 0.1) is 11.6 Å². The van der Waals surface area contributed by atoms with Crippen LogP contribution in [0.25, 0.3) is 17.3 Å². The Morgan fingerprint density at radius 3 is 2.75 bits per heavy atom. The number of nitrogens with zero attached hydrogens (tertiary/aromatic N) is 2. The van der Waals surface area contributed by atoms with Crippen molar-refractivity contribution in [2.75, 3.05) is 13.1 Å². The number of carbonyl (C=O) groups is 1. The Balaban J connectivity index is 1.37. The predicted octanol–water partition coefficient (Wildman–Crippen LogP) is 4.37. The minimum atomic E-state index is -0.886. The smallest absolute Gasteiger partial charge is 0.246 e. The van der Waals surface area contributed by atoms with E-state index in [0.717, 1.165) is 30.8 Å². The zero-order valence-corrected chi connectivity index (χ0v) is 15.1. The molecule has 3 aromatic rings. The molecule has 144 valence electrons. The maximum absolute atomic E-state index is 13.4. The molecule has 1 aliphatic rings. The molecule has 2 aromatic heterocycles. The number of aromatic amines is 1. The van der Waals surface area contributed by atoms with Crippen LogP contribution in [-0.4, -0.2) is 33.9 Å². The number of amides is 1. The van der Waals surface area contributed by atoms with Crippen molar-refractivity contribution in [3.63, 3.8) is 0 Å². The molecule has 0 unspecified atom stereocenters. The van der Waals surface area contributed by atoms with E-state index in [4.69, 9.17) is 4.42 Å². The van der Waals surface area contributed by atoms with Gasteiger partial charge in [0.1, 0.15) is 11.6 Å². The van der Waals surface area contributed by atoms with Crippen molar-refractivity contribution in [2.24, 2.45) is 0 Å². The highest BCUT2D eigenvalue weighted by Crippen LogP contribution is 2.28. The lowest BCUT2D eigenvalue weighted by molar-refractivity contribution is -0.127. The second-order valence-corrected chi connectivity index (χ2v) is 6.76. The normalized spacial score (nSPS) is 15.4. The average molecular weight is 383 g/mol. The molecule has 7 heteroatoms. The molecule has 1 fully saturated rings. The molecule has 1 saturated heterocycles. The second kappa shape index (κ2) is 7.80. The van der Waals surface area contributed by atoms with Gasteiger partial charge in [-0.1, -0.05) is 0 Å². The van der Waals surface area contributed by atoms with E-state index >= 15 is 0 Å². The van der Waals surface area contributed by atoms with Crippen LogP contribution in [0.4, 0.5) is 8.78 Å². The van der Waals surface area contributed by atoms with Gasteiger partial charge < -0.3 is 14.3 Å². The molecule has 28 heavy (non-hydrogen) atoms. The Hall–Kier alpha value is -3.22. The van der Waals surface area contributed by atoms with Crippen molar-refractivity contribution in [3.05, 3.63) is 72.1 Å². The van der Waals surface area contributed by atoms with Gasteiger partial charge in [0, 0.05) is 30.6 Å². The number of hydrogen-bond donors (Lipinski definition) is 1. The SMILES string of the molecule is O=C(/C=C\c1ccco1)N1CCC(c2ncc(-c3ccc(F)c(F)c3)[nH]2)CC1. The highest BCUT2D eigenvalue weighted by molar-refractivity contribution is 5.91. The van der Waals surface area contributed by atoms with Gasteiger partial charge in [-0.3, -0.25) is 4.79 Å². The van der Waals surface area contributed by atoms with Crippen LogP contribution >= 0.6 is 0 Å². The molecular weight excluding hydrogens is 364 g/mol. The van der Waals surface area contributed by atoms with E-state index in [0.29, 0.717) is 30.1 Å². The van der Waals surface area contributed by atoms with Crippen LogP contribution < -0.4 is 0 Å². The first-order chi connectivity index (χ1) is 13.6. The minimum absolute atomic E-state index is 0.0447. The van der Waals surface area contributed by atoms with Crippen molar-refractivity contribution in [3.8, 4) is 11.3 Å². The molecule has 0 saturated carbocycles. The summed E-state index contributed by atoms with van der Waals surface area (Å²) in [6, 6.07) is 7.33. The van der Waals surface area contributed by atoms with Gasteiger partial charge in [0.15, 0.2) is 11.6 Å². The van der Waals surface area contributed by atoms with Gasteiger partial charge in [-0.2, -0.15) is 0 Å². The minimum Gasteiger partial charge on any atom is -0.465 e. The number of nitrogens with one attached hydrogen (secondary N) is 1. The molecule has 0 aliphatic carbocycles. The number of furan rings is 1. The maximum Gasteiger partial charge on any atom is 0.246 e. The lowest BCUT2D eigenvalue weighted by Gasteiger charge is -2.30.